The molecule has 2 aliphatic rings. The van der Waals surface area contributed by atoms with Crippen molar-refractivity contribution in [1.29, 1.82) is 0 Å². The Hall–Kier alpha value is -1.06. The average Bonchev–Trinajstić information content (AvgIpc) is 2.26. The molecule has 0 aromatic heterocycles. The fourth-order valence-electron chi connectivity index (χ4n) is 3.00. The molecule has 4 heteroatoms. The minimum absolute atomic E-state index is 0.196. The second kappa shape index (κ2) is 6.21. The van der Waals surface area contributed by atoms with Crippen molar-refractivity contribution >= 4 is 11.9 Å². The number of nitrogens with one attached hydrogen (secondary N) is 1. The number of amides is 1. The van der Waals surface area contributed by atoms with Gasteiger partial charge in [0.15, 0.2) is 0 Å². The Balaban J connectivity index is 1.63. The van der Waals surface area contributed by atoms with E-state index in [0.717, 1.165) is 25.7 Å². The Labute approximate surface area is 108 Å². The first-order valence-corrected chi connectivity index (χ1v) is 7.14. The summed E-state index contributed by atoms with van der Waals surface area (Å²) in [4.78, 5) is 22.4. The van der Waals surface area contributed by atoms with Crippen molar-refractivity contribution in [2.24, 2.45) is 11.8 Å². The van der Waals surface area contributed by atoms with Gasteiger partial charge in [0.25, 0.3) is 0 Å². The van der Waals surface area contributed by atoms with Gasteiger partial charge in [0.1, 0.15) is 0 Å². The zero-order valence-electron chi connectivity index (χ0n) is 10.9. The van der Waals surface area contributed by atoms with Crippen LogP contribution in [0.1, 0.15) is 57.8 Å². The molecule has 0 spiro atoms. The molecule has 0 bridgehead atoms. The van der Waals surface area contributed by atoms with Crippen molar-refractivity contribution in [1.82, 2.24) is 5.32 Å². The second-order valence-electron chi connectivity index (χ2n) is 5.88. The van der Waals surface area contributed by atoms with Gasteiger partial charge in [-0.1, -0.05) is 6.42 Å². The summed E-state index contributed by atoms with van der Waals surface area (Å²) in [5, 5.41) is 11.8. The number of rotatable bonds is 5. The number of hydrogen-bond donors (Lipinski definition) is 2. The monoisotopic (exact) mass is 253 g/mol. The number of carboxylic acid groups (broad SMARTS) is 1. The molecule has 1 amide bonds. The van der Waals surface area contributed by atoms with Crippen LogP contribution >= 0.6 is 0 Å². The molecule has 2 fully saturated rings. The molecule has 2 aliphatic carbocycles. The van der Waals surface area contributed by atoms with E-state index in [9.17, 15) is 9.59 Å². The van der Waals surface area contributed by atoms with Crippen LogP contribution in [0.4, 0.5) is 0 Å². The lowest BCUT2D eigenvalue weighted by molar-refractivity contribution is -0.138. The topological polar surface area (TPSA) is 66.4 Å². The van der Waals surface area contributed by atoms with Gasteiger partial charge < -0.3 is 10.4 Å². The maximum atomic E-state index is 11.8. The number of carbonyl (C=O) groups excluding carboxylic acids is 1. The van der Waals surface area contributed by atoms with Crippen molar-refractivity contribution in [3.8, 4) is 0 Å². The zero-order chi connectivity index (χ0) is 13.0. The molecule has 0 aromatic carbocycles. The lowest BCUT2D eigenvalue weighted by Gasteiger charge is -2.30. The van der Waals surface area contributed by atoms with Crippen LogP contribution in [0.15, 0.2) is 0 Å². The highest BCUT2D eigenvalue weighted by Crippen LogP contribution is 2.30. The Bertz CT molecular complexity index is 304. The fraction of sp³-hybridized carbons (Fsp3) is 0.857. The van der Waals surface area contributed by atoms with Crippen LogP contribution < -0.4 is 5.32 Å². The van der Waals surface area contributed by atoms with Gasteiger partial charge in [-0.15, -0.1) is 0 Å². The summed E-state index contributed by atoms with van der Waals surface area (Å²) in [6.45, 7) is 0. The Morgan fingerprint density at radius 3 is 2.06 bits per heavy atom. The molecule has 2 N–H and O–H groups in total. The molecular formula is C14H23NO3. The number of carbonyl (C=O) groups is 2. The molecule has 0 heterocycles. The van der Waals surface area contributed by atoms with Gasteiger partial charge >= 0.3 is 5.97 Å². The van der Waals surface area contributed by atoms with E-state index in [1.54, 1.807) is 0 Å². The molecule has 0 aliphatic heterocycles. The van der Waals surface area contributed by atoms with Gasteiger partial charge in [-0.2, -0.15) is 0 Å². The molecule has 2 rings (SSSR count). The molecule has 102 valence electrons. The molecular weight excluding hydrogens is 230 g/mol. The minimum Gasteiger partial charge on any atom is -0.481 e. The SMILES string of the molecule is O=C(O)CC1CCC(NC(=O)CC2CCC2)CC1. The second-order valence-corrected chi connectivity index (χ2v) is 5.88. The first-order chi connectivity index (χ1) is 8.63. The largest absolute Gasteiger partial charge is 0.481 e. The smallest absolute Gasteiger partial charge is 0.303 e. The van der Waals surface area contributed by atoms with E-state index >= 15 is 0 Å². The predicted octanol–water partition coefficient (Wildman–Crippen LogP) is 2.33. The number of carboxylic acids is 1. The summed E-state index contributed by atoms with van der Waals surface area (Å²) in [7, 11) is 0. The van der Waals surface area contributed by atoms with E-state index in [1.165, 1.54) is 19.3 Å². The summed E-state index contributed by atoms with van der Waals surface area (Å²) in [5.41, 5.74) is 0. The van der Waals surface area contributed by atoms with Gasteiger partial charge in [-0.25, -0.2) is 0 Å². The van der Waals surface area contributed by atoms with Crippen LogP contribution in [-0.4, -0.2) is 23.0 Å². The van der Waals surface area contributed by atoms with Crippen LogP contribution in [0.25, 0.3) is 0 Å². The normalized spacial score (nSPS) is 28.4. The highest BCUT2D eigenvalue weighted by atomic mass is 16.4. The van der Waals surface area contributed by atoms with E-state index in [2.05, 4.69) is 5.32 Å². The third-order valence-electron chi connectivity index (χ3n) is 4.37. The third kappa shape index (κ3) is 4.00. The van der Waals surface area contributed by atoms with E-state index in [4.69, 9.17) is 5.11 Å². The quantitative estimate of drug-likeness (QED) is 0.790. The molecule has 0 atom stereocenters. The van der Waals surface area contributed by atoms with Crippen molar-refractivity contribution in [2.75, 3.05) is 0 Å². The molecule has 2 saturated carbocycles. The zero-order valence-corrected chi connectivity index (χ0v) is 10.9. The summed E-state index contributed by atoms with van der Waals surface area (Å²) >= 11 is 0. The number of hydrogen-bond acceptors (Lipinski definition) is 2. The van der Waals surface area contributed by atoms with Crippen molar-refractivity contribution in [3.05, 3.63) is 0 Å². The van der Waals surface area contributed by atoms with Crippen LogP contribution in [-0.2, 0) is 9.59 Å². The summed E-state index contributed by atoms with van der Waals surface area (Å²) in [5.74, 6) is 0.421. The van der Waals surface area contributed by atoms with Gasteiger partial charge in [0.05, 0.1) is 0 Å². The molecule has 0 radical (unpaired) electrons. The lowest BCUT2D eigenvalue weighted by atomic mass is 9.82. The van der Waals surface area contributed by atoms with Gasteiger partial charge in [0, 0.05) is 18.9 Å². The van der Waals surface area contributed by atoms with Crippen LogP contribution in [0.5, 0.6) is 0 Å². The van der Waals surface area contributed by atoms with Gasteiger partial charge in [-0.3, -0.25) is 9.59 Å². The summed E-state index contributed by atoms with van der Waals surface area (Å²) in [6.07, 6.45) is 8.40. The van der Waals surface area contributed by atoms with Crippen molar-refractivity contribution < 1.29 is 14.7 Å². The molecule has 18 heavy (non-hydrogen) atoms. The van der Waals surface area contributed by atoms with Crippen LogP contribution in [0, 0.1) is 11.8 Å². The van der Waals surface area contributed by atoms with E-state index in [1.807, 2.05) is 0 Å². The Morgan fingerprint density at radius 2 is 1.56 bits per heavy atom. The number of aliphatic carboxylic acids is 1. The van der Waals surface area contributed by atoms with E-state index in [-0.39, 0.29) is 18.4 Å². The summed E-state index contributed by atoms with van der Waals surface area (Å²) in [6, 6.07) is 0.280. The van der Waals surface area contributed by atoms with E-state index < -0.39 is 5.97 Å². The first kappa shape index (κ1) is 13.4. The van der Waals surface area contributed by atoms with Gasteiger partial charge in [-0.05, 0) is 50.4 Å². The highest BCUT2D eigenvalue weighted by molar-refractivity contribution is 5.76. The first-order valence-electron chi connectivity index (χ1n) is 7.14. The predicted molar refractivity (Wildman–Crippen MR) is 68.1 cm³/mol. The van der Waals surface area contributed by atoms with Crippen molar-refractivity contribution in [2.45, 2.75) is 63.8 Å². The molecule has 0 unspecified atom stereocenters. The highest BCUT2D eigenvalue weighted by Gasteiger charge is 2.26. The summed E-state index contributed by atoms with van der Waals surface area (Å²) < 4.78 is 0. The fourth-order valence-corrected chi connectivity index (χ4v) is 3.00. The molecule has 0 aromatic rings. The Morgan fingerprint density at radius 1 is 0.944 bits per heavy atom. The van der Waals surface area contributed by atoms with Gasteiger partial charge in [0.2, 0.25) is 5.91 Å². The average molecular weight is 253 g/mol. The van der Waals surface area contributed by atoms with Crippen molar-refractivity contribution in [3.63, 3.8) is 0 Å². The Kier molecular flexibility index (Phi) is 4.61. The maximum Gasteiger partial charge on any atom is 0.303 e. The lowest BCUT2D eigenvalue weighted by Crippen LogP contribution is -2.39. The minimum atomic E-state index is -0.701. The molecule has 4 nitrogen and oxygen atoms in total. The standard InChI is InChI=1S/C14H23NO3/c16-13(8-10-2-1-3-10)15-12-6-4-11(5-7-12)9-14(17)18/h10-12H,1-9H2,(H,15,16)(H,17,18). The molecule has 0 saturated heterocycles. The van der Waals surface area contributed by atoms with E-state index in [0.29, 0.717) is 18.3 Å². The maximum absolute atomic E-state index is 11.8. The van der Waals surface area contributed by atoms with Crippen LogP contribution in [0.2, 0.25) is 0 Å². The van der Waals surface area contributed by atoms with Crippen LogP contribution in [0.3, 0.4) is 0 Å². The third-order valence-corrected chi connectivity index (χ3v) is 4.37.